The van der Waals surface area contributed by atoms with E-state index < -0.39 is 11.3 Å². The molecule has 2 saturated heterocycles. The average molecular weight is 603 g/mol. The third kappa shape index (κ3) is 6.60. The lowest BCUT2D eigenvalue weighted by Crippen LogP contribution is -2.58. The molecule has 230 valence electrons. The third-order valence-corrected chi connectivity index (χ3v) is 8.80. The first-order chi connectivity index (χ1) is 20.3. The summed E-state index contributed by atoms with van der Waals surface area (Å²) in [6.45, 7) is 5.06. The topological polar surface area (TPSA) is 113 Å². The first-order valence-electron chi connectivity index (χ1n) is 14.3. The maximum atomic E-state index is 13.2. The van der Waals surface area contributed by atoms with Gasteiger partial charge in [0.15, 0.2) is 0 Å². The highest BCUT2D eigenvalue weighted by atomic mass is 19.4. The number of alkyl halides is 3. The van der Waals surface area contributed by atoms with Crippen LogP contribution in [-0.2, 0) is 9.59 Å². The Morgan fingerprint density at radius 2 is 1.60 bits per heavy atom. The Morgan fingerprint density at radius 3 is 2.19 bits per heavy atom. The Balaban J connectivity index is 1.09. The first-order valence-corrected chi connectivity index (χ1v) is 14.3. The van der Waals surface area contributed by atoms with Crippen LogP contribution in [0.2, 0.25) is 0 Å². The van der Waals surface area contributed by atoms with Gasteiger partial charge >= 0.3 is 6.36 Å². The molecule has 1 aliphatic carbocycles. The number of piperidine rings is 1. The normalized spacial score (nSPS) is 21.4. The van der Waals surface area contributed by atoms with Gasteiger partial charge in [-0.2, -0.15) is 0 Å². The van der Waals surface area contributed by atoms with Crippen molar-refractivity contribution in [1.82, 2.24) is 14.7 Å². The standard InChI is InChI=1S/C30H33F3N4O6/c1-18-13-19(2)26(37(41)42)16-25(18)29(40)34-9-7-23(8-10-34)36-12-11-35(17-27(36)38)28(39)22-14-21(15-22)20-3-5-24(6-4-20)43-30(31,32)33/h3-6,13,16,21-23H,7-12,14-15,17H2,1-2H3. The zero-order valence-corrected chi connectivity index (χ0v) is 23.9. The van der Waals surface area contributed by atoms with Gasteiger partial charge < -0.3 is 19.4 Å². The van der Waals surface area contributed by atoms with Crippen molar-refractivity contribution in [3.8, 4) is 5.75 Å². The summed E-state index contributed by atoms with van der Waals surface area (Å²) in [5, 5.41) is 11.4. The van der Waals surface area contributed by atoms with Crippen molar-refractivity contribution in [1.29, 1.82) is 0 Å². The largest absolute Gasteiger partial charge is 0.573 e. The lowest BCUT2D eigenvalue weighted by molar-refractivity contribution is -0.385. The van der Waals surface area contributed by atoms with E-state index in [2.05, 4.69) is 4.74 Å². The Kier molecular flexibility index (Phi) is 8.35. The van der Waals surface area contributed by atoms with Crippen LogP contribution >= 0.6 is 0 Å². The second kappa shape index (κ2) is 11.8. The van der Waals surface area contributed by atoms with Crippen molar-refractivity contribution in [2.75, 3.05) is 32.7 Å². The van der Waals surface area contributed by atoms with Crippen LogP contribution in [0.15, 0.2) is 36.4 Å². The van der Waals surface area contributed by atoms with Gasteiger partial charge in [-0.05, 0) is 74.8 Å². The van der Waals surface area contributed by atoms with E-state index in [1.807, 2.05) is 0 Å². The van der Waals surface area contributed by atoms with Crippen LogP contribution in [0.4, 0.5) is 18.9 Å². The molecule has 0 atom stereocenters. The predicted octanol–water partition coefficient (Wildman–Crippen LogP) is 4.58. The SMILES string of the molecule is Cc1cc(C)c([N+](=O)[O-])cc1C(=O)N1CCC(N2CCN(C(=O)C3CC(c4ccc(OC(F)(F)F)cc4)C3)CC2=O)CC1. The summed E-state index contributed by atoms with van der Waals surface area (Å²) in [4.78, 5) is 55.3. The van der Waals surface area contributed by atoms with Gasteiger partial charge in [-0.15, -0.1) is 13.2 Å². The van der Waals surface area contributed by atoms with E-state index in [0.29, 0.717) is 68.6 Å². The number of carbonyl (C=O) groups is 3. The van der Waals surface area contributed by atoms with E-state index in [4.69, 9.17) is 0 Å². The molecule has 0 unspecified atom stereocenters. The van der Waals surface area contributed by atoms with Gasteiger partial charge in [-0.25, -0.2) is 0 Å². The summed E-state index contributed by atoms with van der Waals surface area (Å²) >= 11 is 0. The van der Waals surface area contributed by atoms with Gasteiger partial charge in [0, 0.05) is 55.3 Å². The number of rotatable bonds is 6. The van der Waals surface area contributed by atoms with Gasteiger partial charge in [0.1, 0.15) is 5.75 Å². The molecule has 0 spiro atoms. The second-order valence-corrected chi connectivity index (χ2v) is 11.6. The highest BCUT2D eigenvalue weighted by Gasteiger charge is 2.41. The average Bonchev–Trinajstić information content (AvgIpc) is 2.92. The summed E-state index contributed by atoms with van der Waals surface area (Å²) in [7, 11) is 0. The summed E-state index contributed by atoms with van der Waals surface area (Å²) < 4.78 is 41.1. The van der Waals surface area contributed by atoms with Crippen molar-refractivity contribution < 1.29 is 37.2 Å². The van der Waals surface area contributed by atoms with Crippen LogP contribution in [0.5, 0.6) is 5.75 Å². The molecule has 3 amide bonds. The number of aryl methyl sites for hydroxylation is 2. The van der Waals surface area contributed by atoms with Crippen LogP contribution in [-0.4, -0.2) is 82.5 Å². The van der Waals surface area contributed by atoms with Gasteiger partial charge in [0.05, 0.1) is 11.5 Å². The number of carbonyl (C=O) groups excluding carboxylic acids is 3. The summed E-state index contributed by atoms with van der Waals surface area (Å²) in [5.41, 5.74) is 2.24. The Hall–Kier alpha value is -4.16. The number of benzene rings is 2. The molecule has 0 radical (unpaired) electrons. The Bertz CT molecular complexity index is 1420. The number of hydrogen-bond acceptors (Lipinski definition) is 6. The van der Waals surface area contributed by atoms with Crippen LogP contribution < -0.4 is 4.74 Å². The highest BCUT2D eigenvalue weighted by Crippen LogP contribution is 2.43. The Morgan fingerprint density at radius 1 is 0.953 bits per heavy atom. The number of amides is 3. The van der Waals surface area contributed by atoms with Crippen molar-refractivity contribution in [3.63, 3.8) is 0 Å². The number of nitro benzene ring substituents is 1. The minimum atomic E-state index is -4.75. The maximum Gasteiger partial charge on any atom is 0.573 e. The van der Waals surface area contributed by atoms with Crippen LogP contribution in [0.3, 0.4) is 0 Å². The van der Waals surface area contributed by atoms with E-state index >= 15 is 0 Å². The van der Waals surface area contributed by atoms with Gasteiger partial charge in [-0.1, -0.05) is 12.1 Å². The van der Waals surface area contributed by atoms with Gasteiger partial charge in [0.25, 0.3) is 11.6 Å². The number of piperazine rings is 1. The van der Waals surface area contributed by atoms with E-state index in [1.54, 1.807) is 46.7 Å². The fourth-order valence-corrected chi connectivity index (χ4v) is 6.37. The molecule has 2 heterocycles. The minimum Gasteiger partial charge on any atom is -0.406 e. The molecule has 2 aliphatic heterocycles. The van der Waals surface area contributed by atoms with Crippen molar-refractivity contribution >= 4 is 23.4 Å². The van der Waals surface area contributed by atoms with E-state index in [1.165, 1.54) is 18.2 Å². The van der Waals surface area contributed by atoms with Crippen LogP contribution in [0.1, 0.15) is 58.6 Å². The fraction of sp³-hybridized carbons (Fsp3) is 0.500. The van der Waals surface area contributed by atoms with Crippen molar-refractivity contribution in [3.05, 3.63) is 68.8 Å². The molecule has 2 aromatic carbocycles. The van der Waals surface area contributed by atoms with E-state index in [9.17, 15) is 37.7 Å². The van der Waals surface area contributed by atoms with Crippen molar-refractivity contribution in [2.45, 2.75) is 57.9 Å². The molecular formula is C30H33F3N4O6. The molecular weight excluding hydrogens is 569 g/mol. The summed E-state index contributed by atoms with van der Waals surface area (Å²) in [6.07, 6.45) is -2.45. The predicted molar refractivity (Wildman–Crippen MR) is 148 cm³/mol. The lowest BCUT2D eigenvalue weighted by atomic mass is 9.70. The smallest absolute Gasteiger partial charge is 0.406 e. The van der Waals surface area contributed by atoms with Crippen molar-refractivity contribution in [2.24, 2.45) is 5.92 Å². The second-order valence-electron chi connectivity index (χ2n) is 11.6. The zero-order chi connectivity index (χ0) is 31.1. The third-order valence-electron chi connectivity index (χ3n) is 8.80. The maximum absolute atomic E-state index is 13.2. The number of nitro groups is 1. The molecule has 0 bridgehead atoms. The molecule has 43 heavy (non-hydrogen) atoms. The van der Waals surface area contributed by atoms with Crippen LogP contribution in [0.25, 0.3) is 0 Å². The molecule has 3 aliphatic rings. The quantitative estimate of drug-likeness (QED) is 0.354. The summed E-state index contributed by atoms with van der Waals surface area (Å²) in [6, 6.07) is 8.64. The number of likely N-dealkylation sites (tertiary alicyclic amines) is 1. The van der Waals surface area contributed by atoms with E-state index in [-0.39, 0.29) is 53.6 Å². The summed E-state index contributed by atoms with van der Waals surface area (Å²) in [5.74, 6) is -0.927. The molecule has 0 aromatic heterocycles. The number of nitrogens with zero attached hydrogens (tertiary/aromatic N) is 4. The molecule has 5 rings (SSSR count). The number of hydrogen-bond donors (Lipinski definition) is 0. The number of halogens is 3. The molecule has 0 N–H and O–H groups in total. The molecule has 1 saturated carbocycles. The molecule has 2 aromatic rings. The minimum absolute atomic E-state index is 0.00511. The monoisotopic (exact) mass is 602 g/mol. The number of ether oxygens (including phenoxy) is 1. The molecule has 3 fully saturated rings. The van der Waals surface area contributed by atoms with Crippen LogP contribution in [0, 0.1) is 29.9 Å². The van der Waals surface area contributed by atoms with Gasteiger partial charge in [-0.3, -0.25) is 24.5 Å². The lowest BCUT2D eigenvalue weighted by Gasteiger charge is -2.44. The zero-order valence-electron chi connectivity index (χ0n) is 23.9. The Labute approximate surface area is 246 Å². The molecule has 10 nitrogen and oxygen atoms in total. The van der Waals surface area contributed by atoms with E-state index in [0.717, 1.165) is 5.56 Å². The first kappa shape index (κ1) is 30.3. The molecule has 13 heteroatoms. The van der Waals surface area contributed by atoms with Gasteiger partial charge in [0.2, 0.25) is 11.8 Å². The fourth-order valence-electron chi connectivity index (χ4n) is 6.37. The highest BCUT2D eigenvalue weighted by molar-refractivity contribution is 5.96.